The van der Waals surface area contributed by atoms with Gasteiger partial charge in [0.15, 0.2) is 0 Å². The van der Waals surface area contributed by atoms with Crippen molar-refractivity contribution in [2.45, 2.75) is 11.3 Å². The molecular weight excluding hydrogens is 464 g/mol. The Morgan fingerprint density at radius 2 is 1.89 bits per heavy atom. The number of hydrogen-bond donors (Lipinski definition) is 2. The normalized spacial score (nSPS) is 11.1. The number of halogens is 1. The maximum absolute atomic E-state index is 12.7. The third-order valence-corrected chi connectivity index (χ3v) is 6.44. The number of benzene rings is 2. The summed E-state index contributed by atoms with van der Waals surface area (Å²) in [5, 5.41) is 6.51. The van der Waals surface area contributed by atoms with E-state index in [2.05, 4.69) is 26.0 Å². The fourth-order valence-electron chi connectivity index (χ4n) is 2.46. The third kappa shape index (κ3) is 5.12. The van der Waals surface area contributed by atoms with E-state index in [1.54, 1.807) is 24.3 Å². The average molecular weight is 481 g/mol. The Morgan fingerprint density at radius 3 is 2.54 bits per heavy atom. The summed E-state index contributed by atoms with van der Waals surface area (Å²) in [5.41, 5.74) is 1.62. The van der Waals surface area contributed by atoms with Gasteiger partial charge in [0.05, 0.1) is 24.1 Å². The predicted octanol–water partition coefficient (Wildman–Crippen LogP) is 4.50. The molecule has 0 unspecified atom stereocenters. The number of ether oxygens (including phenoxy) is 1. The highest BCUT2D eigenvalue weighted by atomic mass is 79.9. The van der Waals surface area contributed by atoms with Crippen LogP contribution in [0.15, 0.2) is 68.7 Å². The Hall–Kier alpha value is -2.36. The van der Waals surface area contributed by atoms with Gasteiger partial charge in [0.2, 0.25) is 5.91 Å². The minimum Gasteiger partial charge on any atom is -0.495 e. The second-order valence-corrected chi connectivity index (χ2v) is 9.21. The minimum atomic E-state index is -3.83. The zero-order valence-electron chi connectivity index (χ0n) is 14.8. The molecule has 146 valence electrons. The van der Waals surface area contributed by atoms with E-state index >= 15 is 0 Å². The molecule has 0 saturated heterocycles. The van der Waals surface area contributed by atoms with Gasteiger partial charge in [-0.25, -0.2) is 8.42 Å². The molecule has 0 radical (unpaired) electrons. The lowest BCUT2D eigenvalue weighted by molar-refractivity contribution is -0.115. The molecule has 0 bridgehead atoms. The molecule has 2 aromatic carbocycles. The van der Waals surface area contributed by atoms with Crippen LogP contribution in [0.1, 0.15) is 5.56 Å². The molecule has 0 saturated carbocycles. The average Bonchev–Trinajstić information content (AvgIpc) is 3.16. The van der Waals surface area contributed by atoms with Gasteiger partial charge in [-0.2, -0.15) is 11.3 Å². The van der Waals surface area contributed by atoms with Crippen LogP contribution in [0.2, 0.25) is 0 Å². The molecule has 1 aromatic heterocycles. The summed E-state index contributed by atoms with van der Waals surface area (Å²) in [4.78, 5) is 12.3. The summed E-state index contributed by atoms with van der Waals surface area (Å²) in [5.74, 6) is 0.119. The molecule has 9 heteroatoms. The summed E-state index contributed by atoms with van der Waals surface area (Å²) in [6.45, 7) is 0. The van der Waals surface area contributed by atoms with E-state index in [0.29, 0.717) is 17.1 Å². The number of thiophene rings is 1. The van der Waals surface area contributed by atoms with Gasteiger partial charge in [-0.15, -0.1) is 0 Å². The lowest BCUT2D eigenvalue weighted by atomic mass is 10.2. The fraction of sp³-hybridized carbons (Fsp3) is 0.105. The van der Waals surface area contributed by atoms with E-state index in [-0.39, 0.29) is 17.2 Å². The highest BCUT2D eigenvalue weighted by Gasteiger charge is 2.18. The number of methoxy groups -OCH3 is 1. The molecule has 0 fully saturated rings. The van der Waals surface area contributed by atoms with E-state index in [0.717, 1.165) is 10.0 Å². The van der Waals surface area contributed by atoms with Gasteiger partial charge < -0.3 is 10.1 Å². The monoisotopic (exact) mass is 480 g/mol. The zero-order chi connectivity index (χ0) is 20.1. The van der Waals surface area contributed by atoms with Gasteiger partial charge in [-0.1, -0.05) is 15.9 Å². The number of rotatable bonds is 7. The van der Waals surface area contributed by atoms with Crippen molar-refractivity contribution in [1.82, 2.24) is 0 Å². The number of carbonyl (C=O) groups excluding carboxylic acids is 1. The van der Waals surface area contributed by atoms with Gasteiger partial charge in [-0.05, 0) is 64.9 Å². The van der Waals surface area contributed by atoms with Crippen LogP contribution < -0.4 is 14.8 Å². The first kappa shape index (κ1) is 20.4. The number of amides is 1. The number of anilines is 2. The van der Waals surface area contributed by atoms with E-state index in [1.807, 2.05) is 16.8 Å². The van der Waals surface area contributed by atoms with E-state index in [4.69, 9.17) is 4.74 Å². The summed E-state index contributed by atoms with van der Waals surface area (Å²) in [6, 6.07) is 13.0. The molecule has 0 aliphatic heterocycles. The molecular formula is C19H17BrN2O4S2. The lowest BCUT2D eigenvalue weighted by Gasteiger charge is -2.13. The second-order valence-electron chi connectivity index (χ2n) is 5.83. The molecule has 1 amide bonds. The minimum absolute atomic E-state index is 0.0158. The van der Waals surface area contributed by atoms with Gasteiger partial charge in [0, 0.05) is 10.2 Å². The molecule has 3 aromatic rings. The van der Waals surface area contributed by atoms with Gasteiger partial charge in [-0.3, -0.25) is 9.52 Å². The van der Waals surface area contributed by atoms with Crippen molar-refractivity contribution in [3.8, 4) is 5.75 Å². The van der Waals surface area contributed by atoms with Crippen LogP contribution in [0, 0.1) is 0 Å². The molecule has 1 heterocycles. The Labute approximate surface area is 175 Å². The van der Waals surface area contributed by atoms with Crippen molar-refractivity contribution in [3.05, 3.63) is 69.3 Å². The van der Waals surface area contributed by atoms with E-state index in [1.165, 1.54) is 36.6 Å². The quantitative estimate of drug-likeness (QED) is 0.521. The second kappa shape index (κ2) is 8.76. The smallest absolute Gasteiger partial charge is 0.261 e. The Kier molecular flexibility index (Phi) is 6.38. The van der Waals surface area contributed by atoms with Crippen molar-refractivity contribution in [2.24, 2.45) is 0 Å². The Morgan fingerprint density at radius 1 is 1.14 bits per heavy atom. The molecule has 0 aliphatic rings. The SMILES string of the molecule is COc1ccc(S(=O)(=O)Nc2ccc(Br)cc2)cc1NC(=O)Cc1ccsc1. The summed E-state index contributed by atoms with van der Waals surface area (Å²) in [7, 11) is -2.37. The molecule has 3 rings (SSSR count). The summed E-state index contributed by atoms with van der Waals surface area (Å²) in [6.07, 6.45) is 0.195. The first-order chi connectivity index (χ1) is 13.4. The molecule has 0 spiro atoms. The Bertz CT molecular complexity index is 1070. The topological polar surface area (TPSA) is 84.5 Å². The molecule has 28 heavy (non-hydrogen) atoms. The highest BCUT2D eigenvalue weighted by Crippen LogP contribution is 2.29. The Balaban J connectivity index is 1.82. The van der Waals surface area contributed by atoms with Crippen molar-refractivity contribution in [3.63, 3.8) is 0 Å². The fourth-order valence-corrected chi connectivity index (χ4v) is 4.47. The van der Waals surface area contributed by atoms with Crippen molar-refractivity contribution in [1.29, 1.82) is 0 Å². The standard InChI is InChI=1S/C19H17BrN2O4S2/c1-26-18-7-6-16(28(24,25)22-15-4-2-14(20)3-5-15)11-17(18)21-19(23)10-13-8-9-27-12-13/h2-9,11-12,22H,10H2,1H3,(H,21,23). The van der Waals surface area contributed by atoms with Crippen LogP contribution in [0.3, 0.4) is 0 Å². The summed E-state index contributed by atoms with van der Waals surface area (Å²) < 4.78 is 34.0. The van der Waals surface area contributed by atoms with Gasteiger partial charge in [0.25, 0.3) is 10.0 Å². The first-order valence-corrected chi connectivity index (χ1v) is 11.4. The number of nitrogens with one attached hydrogen (secondary N) is 2. The van der Waals surface area contributed by atoms with Crippen LogP contribution in [-0.2, 0) is 21.2 Å². The maximum Gasteiger partial charge on any atom is 0.261 e. The number of hydrogen-bond acceptors (Lipinski definition) is 5. The third-order valence-electron chi connectivity index (χ3n) is 3.80. The summed E-state index contributed by atoms with van der Waals surface area (Å²) >= 11 is 4.82. The molecule has 2 N–H and O–H groups in total. The van der Waals surface area contributed by atoms with Gasteiger partial charge >= 0.3 is 0 Å². The maximum atomic E-state index is 12.7. The lowest BCUT2D eigenvalue weighted by Crippen LogP contribution is -2.16. The number of carbonyl (C=O) groups is 1. The van der Waals surface area contributed by atoms with Crippen molar-refractivity contribution in [2.75, 3.05) is 17.1 Å². The van der Waals surface area contributed by atoms with Crippen molar-refractivity contribution < 1.29 is 17.9 Å². The van der Waals surface area contributed by atoms with Crippen LogP contribution >= 0.6 is 27.3 Å². The first-order valence-electron chi connectivity index (χ1n) is 8.15. The molecule has 0 aliphatic carbocycles. The zero-order valence-corrected chi connectivity index (χ0v) is 18.0. The van der Waals surface area contributed by atoms with E-state index in [9.17, 15) is 13.2 Å². The van der Waals surface area contributed by atoms with Crippen LogP contribution in [-0.4, -0.2) is 21.4 Å². The van der Waals surface area contributed by atoms with E-state index < -0.39 is 10.0 Å². The number of sulfonamides is 1. The van der Waals surface area contributed by atoms with Gasteiger partial charge in [0.1, 0.15) is 5.75 Å². The van der Waals surface area contributed by atoms with Crippen LogP contribution in [0.4, 0.5) is 11.4 Å². The predicted molar refractivity (Wildman–Crippen MR) is 115 cm³/mol. The van der Waals surface area contributed by atoms with Crippen LogP contribution in [0.25, 0.3) is 0 Å². The van der Waals surface area contributed by atoms with Crippen LogP contribution in [0.5, 0.6) is 5.75 Å². The molecule has 0 atom stereocenters. The highest BCUT2D eigenvalue weighted by molar-refractivity contribution is 9.10. The largest absolute Gasteiger partial charge is 0.495 e. The van der Waals surface area contributed by atoms with Crippen molar-refractivity contribution >= 4 is 54.6 Å². The molecule has 6 nitrogen and oxygen atoms in total.